The molecule has 0 radical (unpaired) electrons. The second-order valence-electron chi connectivity index (χ2n) is 6.36. The molecule has 0 aliphatic rings. The minimum atomic E-state index is -4.33. The van der Waals surface area contributed by atoms with E-state index in [1.165, 1.54) is 12.4 Å². The van der Waals surface area contributed by atoms with E-state index in [-0.39, 0.29) is 22.9 Å². The van der Waals surface area contributed by atoms with E-state index >= 15 is 0 Å². The Labute approximate surface area is 118 Å². The zero-order chi connectivity index (χ0) is 15.6. The van der Waals surface area contributed by atoms with E-state index in [0.717, 1.165) is 6.07 Å². The first-order valence-corrected chi connectivity index (χ1v) is 6.78. The van der Waals surface area contributed by atoms with Crippen molar-refractivity contribution in [2.45, 2.75) is 52.3 Å². The summed E-state index contributed by atoms with van der Waals surface area (Å²) in [6.45, 7) is 10.6. The van der Waals surface area contributed by atoms with Gasteiger partial charge in [0.15, 0.2) is 0 Å². The number of hydrogen-bond donors (Lipinski definition) is 1. The van der Waals surface area contributed by atoms with E-state index in [4.69, 9.17) is 0 Å². The van der Waals surface area contributed by atoms with Crippen molar-refractivity contribution in [1.82, 2.24) is 10.3 Å². The highest BCUT2D eigenvalue weighted by molar-refractivity contribution is 5.29. The number of pyridine rings is 1. The Hall–Kier alpha value is -1.10. The first-order chi connectivity index (χ1) is 9.02. The third-order valence-electron chi connectivity index (χ3n) is 3.46. The van der Waals surface area contributed by atoms with E-state index in [1.54, 1.807) is 0 Å². The van der Waals surface area contributed by atoms with Crippen LogP contribution in [0.15, 0.2) is 18.5 Å². The van der Waals surface area contributed by atoms with Crippen molar-refractivity contribution in [2.24, 2.45) is 5.92 Å². The summed E-state index contributed by atoms with van der Waals surface area (Å²) in [5, 5.41) is 3.33. The van der Waals surface area contributed by atoms with Crippen molar-refractivity contribution in [3.63, 3.8) is 0 Å². The predicted molar refractivity (Wildman–Crippen MR) is 74.6 cm³/mol. The van der Waals surface area contributed by atoms with E-state index in [0.29, 0.717) is 6.54 Å². The van der Waals surface area contributed by atoms with Crippen LogP contribution >= 0.6 is 0 Å². The number of aromatic nitrogens is 1. The van der Waals surface area contributed by atoms with Crippen molar-refractivity contribution < 1.29 is 13.2 Å². The molecule has 5 heteroatoms. The van der Waals surface area contributed by atoms with Gasteiger partial charge in [-0.3, -0.25) is 4.98 Å². The molecule has 2 unspecified atom stereocenters. The molecule has 0 aliphatic heterocycles. The Morgan fingerprint density at radius 2 is 1.80 bits per heavy atom. The first kappa shape index (κ1) is 17.0. The summed E-state index contributed by atoms with van der Waals surface area (Å²) in [6, 6.07) is 1.05. The SMILES string of the molecule is CC(CNC(C)(C)C)C(C)c1cnccc1C(F)(F)F. The van der Waals surface area contributed by atoms with Crippen LogP contribution in [0.4, 0.5) is 13.2 Å². The van der Waals surface area contributed by atoms with Gasteiger partial charge >= 0.3 is 6.18 Å². The molecular formula is C15H23F3N2. The van der Waals surface area contributed by atoms with Gasteiger partial charge in [0.2, 0.25) is 0 Å². The van der Waals surface area contributed by atoms with Crippen molar-refractivity contribution >= 4 is 0 Å². The van der Waals surface area contributed by atoms with E-state index in [1.807, 2.05) is 34.6 Å². The van der Waals surface area contributed by atoms with Crippen molar-refractivity contribution in [1.29, 1.82) is 0 Å². The fraction of sp³-hybridized carbons (Fsp3) is 0.667. The maximum Gasteiger partial charge on any atom is 0.416 e. The molecule has 0 saturated heterocycles. The molecular weight excluding hydrogens is 265 g/mol. The fourth-order valence-electron chi connectivity index (χ4n) is 1.98. The molecule has 114 valence electrons. The van der Waals surface area contributed by atoms with Gasteiger partial charge in [0.1, 0.15) is 0 Å². The van der Waals surface area contributed by atoms with Gasteiger partial charge in [0.25, 0.3) is 0 Å². The van der Waals surface area contributed by atoms with E-state index in [2.05, 4.69) is 10.3 Å². The standard InChI is InChI=1S/C15H23F3N2/c1-10(8-20-14(3,4)5)11(2)12-9-19-7-6-13(12)15(16,17)18/h6-7,9-11,20H,8H2,1-5H3. The van der Waals surface area contributed by atoms with Gasteiger partial charge in [-0.25, -0.2) is 0 Å². The van der Waals surface area contributed by atoms with E-state index in [9.17, 15) is 13.2 Å². The van der Waals surface area contributed by atoms with Crippen molar-refractivity contribution in [2.75, 3.05) is 6.54 Å². The Bertz CT molecular complexity index is 435. The lowest BCUT2D eigenvalue weighted by Gasteiger charge is -2.28. The molecule has 1 heterocycles. The molecule has 0 aromatic carbocycles. The largest absolute Gasteiger partial charge is 0.416 e. The first-order valence-electron chi connectivity index (χ1n) is 6.78. The lowest BCUT2D eigenvalue weighted by molar-refractivity contribution is -0.138. The topological polar surface area (TPSA) is 24.9 Å². The van der Waals surface area contributed by atoms with Gasteiger partial charge in [-0.05, 0) is 50.8 Å². The number of hydrogen-bond acceptors (Lipinski definition) is 2. The van der Waals surface area contributed by atoms with Crippen molar-refractivity contribution in [3.05, 3.63) is 29.6 Å². The smallest absolute Gasteiger partial charge is 0.312 e. The van der Waals surface area contributed by atoms with E-state index < -0.39 is 11.7 Å². The lowest BCUT2D eigenvalue weighted by atomic mass is 9.86. The van der Waals surface area contributed by atoms with Gasteiger partial charge in [0.05, 0.1) is 5.56 Å². The van der Waals surface area contributed by atoms with Crippen molar-refractivity contribution in [3.8, 4) is 0 Å². The molecule has 0 fully saturated rings. The Kier molecular flexibility index (Phi) is 5.19. The zero-order valence-corrected chi connectivity index (χ0v) is 12.7. The second-order valence-corrected chi connectivity index (χ2v) is 6.36. The fourth-order valence-corrected chi connectivity index (χ4v) is 1.98. The minimum Gasteiger partial charge on any atom is -0.312 e. The molecule has 0 amide bonds. The number of rotatable bonds is 4. The summed E-state index contributed by atoms with van der Waals surface area (Å²) in [5.41, 5.74) is -0.360. The van der Waals surface area contributed by atoms with Crippen LogP contribution in [0, 0.1) is 5.92 Å². The third-order valence-corrected chi connectivity index (χ3v) is 3.46. The maximum absolute atomic E-state index is 13.0. The molecule has 0 aliphatic carbocycles. The summed E-state index contributed by atoms with van der Waals surface area (Å²) in [7, 11) is 0. The highest BCUT2D eigenvalue weighted by Gasteiger charge is 2.35. The summed E-state index contributed by atoms with van der Waals surface area (Å²) >= 11 is 0. The second kappa shape index (κ2) is 6.12. The summed E-state index contributed by atoms with van der Waals surface area (Å²) in [4.78, 5) is 3.85. The Morgan fingerprint density at radius 1 is 1.20 bits per heavy atom. The molecule has 0 spiro atoms. The summed E-state index contributed by atoms with van der Waals surface area (Å²) in [5.74, 6) is -0.130. The van der Waals surface area contributed by atoms with Crippen LogP contribution < -0.4 is 5.32 Å². The normalized spacial score (nSPS) is 16.0. The third kappa shape index (κ3) is 4.78. The Morgan fingerprint density at radius 3 is 2.30 bits per heavy atom. The van der Waals surface area contributed by atoms with Gasteiger partial charge in [0, 0.05) is 17.9 Å². The molecule has 0 bridgehead atoms. The zero-order valence-electron chi connectivity index (χ0n) is 12.7. The average molecular weight is 288 g/mol. The molecule has 0 saturated carbocycles. The average Bonchev–Trinajstić information content (AvgIpc) is 2.33. The highest BCUT2D eigenvalue weighted by atomic mass is 19.4. The van der Waals surface area contributed by atoms with Crippen LogP contribution in [0.3, 0.4) is 0 Å². The minimum absolute atomic E-state index is 0.0459. The summed E-state index contributed by atoms with van der Waals surface area (Å²) < 4.78 is 39.0. The van der Waals surface area contributed by atoms with Crippen LogP contribution in [0.1, 0.15) is 51.7 Å². The number of alkyl halides is 3. The molecule has 1 aromatic heterocycles. The molecule has 1 aromatic rings. The van der Waals surface area contributed by atoms with Crippen LogP contribution in [0.5, 0.6) is 0 Å². The maximum atomic E-state index is 13.0. The number of nitrogens with one attached hydrogen (secondary N) is 1. The van der Waals surface area contributed by atoms with Crippen LogP contribution in [0.2, 0.25) is 0 Å². The quantitative estimate of drug-likeness (QED) is 0.897. The molecule has 2 nitrogen and oxygen atoms in total. The van der Waals surface area contributed by atoms with Crippen LogP contribution in [0.25, 0.3) is 0 Å². The molecule has 2 atom stereocenters. The monoisotopic (exact) mass is 288 g/mol. The highest BCUT2D eigenvalue weighted by Crippen LogP contribution is 2.36. The van der Waals surface area contributed by atoms with Crippen LogP contribution in [-0.2, 0) is 6.18 Å². The van der Waals surface area contributed by atoms with Gasteiger partial charge in [-0.1, -0.05) is 13.8 Å². The lowest BCUT2D eigenvalue weighted by Crippen LogP contribution is -2.39. The van der Waals surface area contributed by atoms with Gasteiger partial charge in [-0.2, -0.15) is 13.2 Å². The molecule has 1 rings (SSSR count). The number of halogens is 3. The number of nitrogens with zero attached hydrogens (tertiary/aromatic N) is 1. The summed E-state index contributed by atoms with van der Waals surface area (Å²) in [6.07, 6.45) is -1.80. The molecule has 20 heavy (non-hydrogen) atoms. The Balaban J connectivity index is 2.89. The van der Waals surface area contributed by atoms with Gasteiger partial charge < -0.3 is 5.32 Å². The van der Waals surface area contributed by atoms with Gasteiger partial charge in [-0.15, -0.1) is 0 Å². The van der Waals surface area contributed by atoms with Crippen LogP contribution in [-0.4, -0.2) is 17.1 Å². The molecule has 1 N–H and O–H groups in total. The predicted octanol–water partition coefficient (Wildman–Crippen LogP) is 4.23.